The standard InChI is InChI=1S/C11H16N2O/c1-9-4-2-6-11(12-9)13-7-3-5-10(13)8-14/h2,4,6,10,14H,3,5,7-8H2,1H3. The molecule has 3 nitrogen and oxygen atoms in total. The quantitative estimate of drug-likeness (QED) is 0.768. The third-order valence-electron chi connectivity index (χ3n) is 2.76. The Labute approximate surface area is 84.4 Å². The van der Waals surface area contributed by atoms with Crippen molar-refractivity contribution in [3.8, 4) is 0 Å². The lowest BCUT2D eigenvalue weighted by molar-refractivity contribution is 0.266. The maximum absolute atomic E-state index is 9.20. The maximum atomic E-state index is 9.20. The van der Waals surface area contributed by atoms with E-state index in [2.05, 4.69) is 9.88 Å². The van der Waals surface area contributed by atoms with Gasteiger partial charge in [0.1, 0.15) is 5.82 Å². The van der Waals surface area contributed by atoms with E-state index < -0.39 is 0 Å². The van der Waals surface area contributed by atoms with Gasteiger partial charge in [-0.1, -0.05) is 6.07 Å². The van der Waals surface area contributed by atoms with Gasteiger partial charge in [0.15, 0.2) is 0 Å². The summed E-state index contributed by atoms with van der Waals surface area (Å²) in [4.78, 5) is 6.67. The second-order valence-corrected chi connectivity index (χ2v) is 3.81. The van der Waals surface area contributed by atoms with Crippen LogP contribution >= 0.6 is 0 Å². The van der Waals surface area contributed by atoms with Crippen LogP contribution in [0.1, 0.15) is 18.5 Å². The van der Waals surface area contributed by atoms with Crippen LogP contribution in [0.5, 0.6) is 0 Å². The average molecular weight is 192 g/mol. The van der Waals surface area contributed by atoms with Gasteiger partial charge >= 0.3 is 0 Å². The lowest BCUT2D eigenvalue weighted by Gasteiger charge is -2.24. The fourth-order valence-electron chi connectivity index (χ4n) is 2.02. The molecule has 1 atom stereocenters. The van der Waals surface area contributed by atoms with Gasteiger partial charge in [0.05, 0.1) is 12.6 Å². The first kappa shape index (κ1) is 9.46. The molecule has 0 spiro atoms. The molecule has 14 heavy (non-hydrogen) atoms. The molecule has 0 amide bonds. The predicted molar refractivity (Wildman–Crippen MR) is 56.4 cm³/mol. The summed E-state index contributed by atoms with van der Waals surface area (Å²) in [6.45, 7) is 3.24. The minimum absolute atomic E-state index is 0.232. The van der Waals surface area contributed by atoms with Crippen LogP contribution in [0.15, 0.2) is 18.2 Å². The van der Waals surface area contributed by atoms with Crippen LogP contribution in [-0.4, -0.2) is 29.3 Å². The van der Waals surface area contributed by atoms with E-state index in [1.807, 2.05) is 25.1 Å². The van der Waals surface area contributed by atoms with E-state index in [1.54, 1.807) is 0 Å². The number of anilines is 1. The number of hydrogen-bond donors (Lipinski definition) is 1. The SMILES string of the molecule is Cc1cccc(N2CCCC2CO)n1. The topological polar surface area (TPSA) is 36.4 Å². The Balaban J connectivity index is 2.21. The number of rotatable bonds is 2. The molecular formula is C11H16N2O. The Kier molecular flexibility index (Phi) is 2.68. The van der Waals surface area contributed by atoms with Gasteiger partial charge in [-0.2, -0.15) is 0 Å². The van der Waals surface area contributed by atoms with Crippen LogP contribution in [0.4, 0.5) is 5.82 Å². The molecule has 1 saturated heterocycles. The molecular weight excluding hydrogens is 176 g/mol. The van der Waals surface area contributed by atoms with Crippen LogP contribution < -0.4 is 4.90 Å². The smallest absolute Gasteiger partial charge is 0.129 e. The van der Waals surface area contributed by atoms with E-state index in [1.165, 1.54) is 0 Å². The van der Waals surface area contributed by atoms with E-state index in [-0.39, 0.29) is 12.6 Å². The van der Waals surface area contributed by atoms with E-state index in [4.69, 9.17) is 0 Å². The number of pyridine rings is 1. The first-order chi connectivity index (χ1) is 6.81. The Bertz CT molecular complexity index is 314. The van der Waals surface area contributed by atoms with Crippen molar-refractivity contribution in [1.82, 2.24) is 4.98 Å². The average Bonchev–Trinajstić information content (AvgIpc) is 2.65. The summed E-state index contributed by atoms with van der Waals surface area (Å²) in [7, 11) is 0. The first-order valence-electron chi connectivity index (χ1n) is 5.12. The molecule has 76 valence electrons. The zero-order chi connectivity index (χ0) is 9.97. The number of hydrogen-bond acceptors (Lipinski definition) is 3. The van der Waals surface area contributed by atoms with Gasteiger partial charge in [0.25, 0.3) is 0 Å². The van der Waals surface area contributed by atoms with Gasteiger partial charge in [-0.05, 0) is 31.9 Å². The van der Waals surface area contributed by atoms with Crippen molar-refractivity contribution in [3.05, 3.63) is 23.9 Å². The van der Waals surface area contributed by atoms with E-state index in [0.29, 0.717) is 0 Å². The highest BCUT2D eigenvalue weighted by molar-refractivity contribution is 5.41. The van der Waals surface area contributed by atoms with Crippen LogP contribution in [0.25, 0.3) is 0 Å². The summed E-state index contributed by atoms with van der Waals surface area (Å²) in [5.41, 5.74) is 1.03. The number of aryl methyl sites for hydroxylation is 1. The maximum Gasteiger partial charge on any atom is 0.129 e. The van der Waals surface area contributed by atoms with Crippen molar-refractivity contribution in [2.45, 2.75) is 25.8 Å². The van der Waals surface area contributed by atoms with Gasteiger partial charge in [-0.25, -0.2) is 4.98 Å². The highest BCUT2D eigenvalue weighted by Crippen LogP contribution is 2.23. The van der Waals surface area contributed by atoms with Crippen molar-refractivity contribution < 1.29 is 5.11 Å². The fourth-order valence-corrected chi connectivity index (χ4v) is 2.02. The van der Waals surface area contributed by atoms with Gasteiger partial charge in [0, 0.05) is 12.2 Å². The summed E-state index contributed by atoms with van der Waals surface area (Å²) >= 11 is 0. The van der Waals surface area contributed by atoms with Crippen molar-refractivity contribution in [2.75, 3.05) is 18.1 Å². The Morgan fingerprint density at radius 3 is 3.14 bits per heavy atom. The van der Waals surface area contributed by atoms with E-state index in [0.717, 1.165) is 30.9 Å². The van der Waals surface area contributed by atoms with Crippen LogP contribution in [0, 0.1) is 6.92 Å². The van der Waals surface area contributed by atoms with Crippen molar-refractivity contribution >= 4 is 5.82 Å². The van der Waals surface area contributed by atoms with Gasteiger partial charge < -0.3 is 10.0 Å². The highest BCUT2D eigenvalue weighted by Gasteiger charge is 2.24. The molecule has 0 bridgehead atoms. The minimum atomic E-state index is 0.232. The lowest BCUT2D eigenvalue weighted by atomic mass is 10.2. The number of nitrogens with zero attached hydrogens (tertiary/aromatic N) is 2. The molecule has 0 radical (unpaired) electrons. The number of aromatic nitrogens is 1. The summed E-state index contributed by atoms with van der Waals surface area (Å²) in [6, 6.07) is 6.29. The molecule has 0 aliphatic carbocycles. The molecule has 2 rings (SSSR count). The molecule has 3 heteroatoms. The van der Waals surface area contributed by atoms with Crippen LogP contribution in [0.2, 0.25) is 0 Å². The number of aliphatic hydroxyl groups excluding tert-OH is 1. The van der Waals surface area contributed by atoms with E-state index in [9.17, 15) is 5.11 Å². The molecule has 2 heterocycles. The Morgan fingerprint density at radius 1 is 1.57 bits per heavy atom. The van der Waals surface area contributed by atoms with Gasteiger partial charge in [-0.3, -0.25) is 0 Å². The summed E-state index contributed by atoms with van der Waals surface area (Å²) < 4.78 is 0. The molecule has 0 aromatic carbocycles. The van der Waals surface area contributed by atoms with Crippen molar-refractivity contribution in [3.63, 3.8) is 0 Å². The summed E-state index contributed by atoms with van der Waals surface area (Å²) in [5, 5.41) is 9.20. The number of aliphatic hydroxyl groups is 1. The molecule has 1 aromatic heterocycles. The fraction of sp³-hybridized carbons (Fsp3) is 0.545. The van der Waals surface area contributed by atoms with Crippen molar-refractivity contribution in [2.24, 2.45) is 0 Å². The summed E-state index contributed by atoms with van der Waals surface area (Å²) in [6.07, 6.45) is 2.23. The first-order valence-corrected chi connectivity index (χ1v) is 5.12. The highest BCUT2D eigenvalue weighted by atomic mass is 16.3. The third kappa shape index (κ3) is 1.73. The molecule has 1 aromatic rings. The molecule has 1 aliphatic rings. The van der Waals surface area contributed by atoms with Gasteiger partial charge in [0.2, 0.25) is 0 Å². The van der Waals surface area contributed by atoms with Gasteiger partial charge in [-0.15, -0.1) is 0 Å². The molecule has 1 unspecified atom stereocenters. The monoisotopic (exact) mass is 192 g/mol. The zero-order valence-electron chi connectivity index (χ0n) is 8.48. The molecule has 1 aliphatic heterocycles. The lowest BCUT2D eigenvalue weighted by Crippen LogP contribution is -2.32. The van der Waals surface area contributed by atoms with E-state index >= 15 is 0 Å². The summed E-state index contributed by atoms with van der Waals surface area (Å²) in [5.74, 6) is 1.00. The second kappa shape index (κ2) is 3.96. The zero-order valence-corrected chi connectivity index (χ0v) is 8.48. The van der Waals surface area contributed by atoms with Crippen molar-refractivity contribution in [1.29, 1.82) is 0 Å². The largest absolute Gasteiger partial charge is 0.394 e. The van der Waals surface area contributed by atoms with Crippen LogP contribution in [0.3, 0.4) is 0 Å². The predicted octanol–water partition coefficient (Wildman–Crippen LogP) is 1.35. The Hall–Kier alpha value is -1.09. The molecule has 1 N–H and O–H groups in total. The minimum Gasteiger partial charge on any atom is -0.394 e. The molecule has 0 saturated carbocycles. The Morgan fingerprint density at radius 2 is 2.43 bits per heavy atom. The van der Waals surface area contributed by atoms with Crippen LogP contribution in [-0.2, 0) is 0 Å². The normalized spacial score (nSPS) is 21.6. The third-order valence-corrected chi connectivity index (χ3v) is 2.76. The second-order valence-electron chi connectivity index (χ2n) is 3.81. The molecule has 1 fully saturated rings.